The molecule has 0 fully saturated rings. The lowest BCUT2D eigenvalue weighted by Crippen LogP contribution is -2.09. The first-order valence-electron chi connectivity index (χ1n) is 8.32. The minimum atomic E-state index is -3.22. The van der Waals surface area contributed by atoms with Crippen LogP contribution in [0.1, 0.15) is 31.9 Å². The third-order valence-corrected chi connectivity index (χ3v) is 6.21. The van der Waals surface area contributed by atoms with E-state index in [1.807, 2.05) is 31.2 Å². The van der Waals surface area contributed by atoms with E-state index in [9.17, 15) is 8.42 Å². The number of hydrogen-bond acceptors (Lipinski definition) is 7. The van der Waals surface area contributed by atoms with Crippen LogP contribution in [0.25, 0.3) is 10.6 Å². The Labute approximate surface area is 158 Å². The molecule has 6 nitrogen and oxygen atoms in total. The molecule has 0 atom stereocenters. The van der Waals surface area contributed by atoms with Crippen LogP contribution < -0.4 is 9.47 Å². The summed E-state index contributed by atoms with van der Waals surface area (Å²) in [6.07, 6.45) is 1.49. The molecule has 0 N–H and O–H groups in total. The number of nitrogens with zero attached hydrogens (tertiary/aromatic N) is 2. The molecule has 0 unspecified atom stereocenters. The molecule has 2 aromatic rings. The van der Waals surface area contributed by atoms with E-state index in [2.05, 4.69) is 4.98 Å². The van der Waals surface area contributed by atoms with Gasteiger partial charge in [0.05, 0.1) is 37.0 Å². The maximum Gasteiger partial charge on any atom is 0.161 e. The van der Waals surface area contributed by atoms with Crippen LogP contribution in [0.2, 0.25) is 0 Å². The molecule has 0 spiro atoms. The monoisotopic (exact) mass is 394 g/mol. The molecule has 1 aromatic carbocycles. The van der Waals surface area contributed by atoms with E-state index in [0.29, 0.717) is 43.1 Å². The van der Waals surface area contributed by atoms with Gasteiger partial charge in [-0.1, -0.05) is 0 Å². The Hall–Kier alpha value is -2.11. The Morgan fingerprint density at radius 3 is 2.77 bits per heavy atom. The quantitative estimate of drug-likeness (QED) is 0.569. The normalized spacial score (nSPS) is 11.1. The Kier molecular flexibility index (Phi) is 7.42. The number of hydrogen-bond donors (Lipinski definition) is 0. The summed E-state index contributed by atoms with van der Waals surface area (Å²) in [5, 5.41) is 11.0. The van der Waals surface area contributed by atoms with Crippen molar-refractivity contribution in [3.05, 3.63) is 29.3 Å². The van der Waals surface area contributed by atoms with Crippen molar-refractivity contribution in [2.24, 2.45) is 0 Å². The molecular weight excluding hydrogens is 372 g/mol. The minimum Gasteiger partial charge on any atom is -0.493 e. The zero-order valence-corrected chi connectivity index (χ0v) is 16.5. The van der Waals surface area contributed by atoms with Gasteiger partial charge in [-0.05, 0) is 38.0 Å². The van der Waals surface area contributed by atoms with Crippen LogP contribution >= 0.6 is 11.3 Å². The molecule has 2 rings (SSSR count). The molecule has 0 bridgehead atoms. The summed E-state index contributed by atoms with van der Waals surface area (Å²) in [6.45, 7) is 2.45. The summed E-state index contributed by atoms with van der Waals surface area (Å²) in [6, 6.07) is 7.56. The van der Waals surface area contributed by atoms with Gasteiger partial charge in [0.2, 0.25) is 0 Å². The topological polar surface area (TPSA) is 89.3 Å². The molecule has 0 aliphatic heterocycles. The fourth-order valence-corrected chi connectivity index (χ4v) is 4.71. The lowest BCUT2D eigenvalue weighted by Gasteiger charge is -2.09. The highest BCUT2D eigenvalue weighted by atomic mass is 32.2. The van der Waals surface area contributed by atoms with Gasteiger partial charge in [-0.25, -0.2) is 13.4 Å². The second-order valence-corrected chi connectivity index (χ2v) is 8.69. The first-order chi connectivity index (χ1) is 12.5. The molecule has 0 aliphatic carbocycles. The van der Waals surface area contributed by atoms with Crippen LogP contribution in [0, 0.1) is 11.3 Å². The fourth-order valence-electron chi connectivity index (χ4n) is 2.40. The number of nitriles is 1. The van der Waals surface area contributed by atoms with Crippen LogP contribution in [-0.2, 0) is 15.6 Å². The van der Waals surface area contributed by atoms with E-state index in [-0.39, 0.29) is 11.5 Å². The molecular formula is C18H22N2O4S2. The van der Waals surface area contributed by atoms with Crippen molar-refractivity contribution < 1.29 is 17.9 Å². The van der Waals surface area contributed by atoms with Gasteiger partial charge in [-0.15, -0.1) is 11.3 Å². The summed E-state index contributed by atoms with van der Waals surface area (Å²) >= 11 is 1.40. The van der Waals surface area contributed by atoms with E-state index in [1.54, 1.807) is 12.5 Å². The predicted octanol–water partition coefficient (Wildman–Crippen LogP) is 3.83. The summed E-state index contributed by atoms with van der Waals surface area (Å²) < 4.78 is 35.2. The zero-order valence-electron chi connectivity index (χ0n) is 14.9. The zero-order chi connectivity index (χ0) is 19.0. The van der Waals surface area contributed by atoms with Gasteiger partial charge in [0.1, 0.15) is 5.01 Å². The highest BCUT2D eigenvalue weighted by Crippen LogP contribution is 2.34. The van der Waals surface area contributed by atoms with Gasteiger partial charge in [0.15, 0.2) is 21.3 Å². The summed E-state index contributed by atoms with van der Waals surface area (Å²) in [5.74, 6) is 1.28. The van der Waals surface area contributed by atoms with Crippen LogP contribution in [-0.4, -0.2) is 32.9 Å². The minimum absolute atomic E-state index is 0.0791. The van der Waals surface area contributed by atoms with Crippen LogP contribution in [0.3, 0.4) is 0 Å². The van der Waals surface area contributed by atoms with E-state index in [0.717, 1.165) is 10.6 Å². The van der Waals surface area contributed by atoms with Crippen molar-refractivity contribution in [3.63, 3.8) is 0 Å². The highest BCUT2D eigenvalue weighted by Gasteiger charge is 2.16. The molecule has 140 valence electrons. The van der Waals surface area contributed by atoms with Gasteiger partial charge in [-0.3, -0.25) is 0 Å². The van der Waals surface area contributed by atoms with Gasteiger partial charge >= 0.3 is 0 Å². The molecule has 26 heavy (non-hydrogen) atoms. The highest BCUT2D eigenvalue weighted by molar-refractivity contribution is 7.90. The number of rotatable bonds is 10. The van der Waals surface area contributed by atoms with Crippen molar-refractivity contribution in [1.29, 1.82) is 5.26 Å². The third kappa shape index (κ3) is 5.71. The van der Waals surface area contributed by atoms with Gasteiger partial charge in [-0.2, -0.15) is 5.26 Å². The average Bonchev–Trinajstić information content (AvgIpc) is 3.07. The molecule has 0 aliphatic rings. The molecule has 0 saturated heterocycles. The van der Waals surface area contributed by atoms with E-state index >= 15 is 0 Å². The molecule has 1 aromatic heterocycles. The summed E-state index contributed by atoms with van der Waals surface area (Å²) in [5.41, 5.74) is 1.39. The van der Waals surface area contributed by atoms with Crippen molar-refractivity contribution in [3.8, 4) is 28.1 Å². The SMILES string of the molecule is CCOc1ccc(-c2nc(CS(=O)(=O)CCCCC#N)cs2)cc1OC. The van der Waals surface area contributed by atoms with Crippen molar-refractivity contribution in [1.82, 2.24) is 4.98 Å². The number of thiazole rings is 1. The van der Waals surface area contributed by atoms with Gasteiger partial charge in [0.25, 0.3) is 0 Å². The Morgan fingerprint density at radius 1 is 1.27 bits per heavy atom. The number of methoxy groups -OCH3 is 1. The second kappa shape index (κ2) is 9.55. The Bertz CT molecular complexity index is 870. The predicted molar refractivity (Wildman–Crippen MR) is 102 cm³/mol. The largest absolute Gasteiger partial charge is 0.493 e. The Morgan fingerprint density at radius 2 is 2.08 bits per heavy atom. The molecule has 0 amide bonds. The van der Waals surface area contributed by atoms with E-state index in [1.165, 1.54) is 11.3 Å². The molecule has 0 saturated carbocycles. The second-order valence-electron chi connectivity index (χ2n) is 5.65. The fraction of sp³-hybridized carbons (Fsp3) is 0.444. The lowest BCUT2D eigenvalue weighted by atomic mass is 10.2. The third-order valence-electron chi connectivity index (χ3n) is 3.62. The number of aromatic nitrogens is 1. The average molecular weight is 395 g/mol. The maximum absolute atomic E-state index is 12.2. The first kappa shape index (κ1) is 20.2. The van der Waals surface area contributed by atoms with E-state index < -0.39 is 9.84 Å². The van der Waals surface area contributed by atoms with Crippen molar-refractivity contribution >= 4 is 21.2 Å². The standard InChI is InChI=1S/C18H22N2O4S2/c1-3-24-16-8-7-14(11-17(16)23-2)18-20-15(12-25-18)13-26(21,22)10-6-4-5-9-19/h7-8,11-12H,3-6,10,13H2,1-2H3. The first-order valence-corrected chi connectivity index (χ1v) is 11.0. The van der Waals surface area contributed by atoms with E-state index in [4.69, 9.17) is 14.7 Å². The van der Waals surface area contributed by atoms with Crippen LogP contribution in [0.4, 0.5) is 0 Å². The lowest BCUT2D eigenvalue weighted by molar-refractivity contribution is 0.311. The molecule has 1 heterocycles. The summed E-state index contributed by atoms with van der Waals surface area (Å²) in [4.78, 5) is 4.45. The number of sulfone groups is 1. The van der Waals surface area contributed by atoms with Crippen molar-refractivity contribution in [2.75, 3.05) is 19.5 Å². The molecule has 8 heteroatoms. The number of benzene rings is 1. The Balaban J connectivity index is 2.08. The summed E-state index contributed by atoms with van der Waals surface area (Å²) in [7, 11) is -1.64. The van der Waals surface area contributed by atoms with Crippen molar-refractivity contribution in [2.45, 2.75) is 31.9 Å². The van der Waals surface area contributed by atoms with Crippen LogP contribution in [0.15, 0.2) is 23.6 Å². The smallest absolute Gasteiger partial charge is 0.161 e. The van der Waals surface area contributed by atoms with Crippen LogP contribution in [0.5, 0.6) is 11.5 Å². The van der Waals surface area contributed by atoms with Gasteiger partial charge in [0, 0.05) is 17.4 Å². The molecule has 0 radical (unpaired) electrons. The number of unbranched alkanes of at least 4 members (excludes halogenated alkanes) is 2. The number of ether oxygens (including phenoxy) is 2. The van der Waals surface area contributed by atoms with Gasteiger partial charge < -0.3 is 9.47 Å². The maximum atomic E-state index is 12.2.